The number of rotatable bonds is 5. The highest BCUT2D eigenvalue weighted by atomic mass is 19.4. The van der Waals surface area contributed by atoms with E-state index in [0.717, 1.165) is 32.5 Å². The van der Waals surface area contributed by atoms with Gasteiger partial charge in [-0.1, -0.05) is 18.2 Å². The van der Waals surface area contributed by atoms with E-state index >= 15 is 0 Å². The summed E-state index contributed by atoms with van der Waals surface area (Å²) in [6.07, 6.45) is -4.51. The molecule has 0 N–H and O–H groups in total. The molecular formula is C23H23F3N4O3. The van der Waals surface area contributed by atoms with Crippen LogP contribution in [0.5, 0.6) is 0 Å². The number of alkyl halides is 3. The molecule has 3 aromatic rings. The number of aromatic nitrogens is 3. The molecule has 3 rings (SSSR count). The van der Waals surface area contributed by atoms with Crippen molar-refractivity contribution in [3.63, 3.8) is 0 Å². The van der Waals surface area contributed by atoms with Crippen molar-refractivity contribution in [1.82, 2.24) is 19.2 Å². The van der Waals surface area contributed by atoms with Crippen LogP contribution in [0.4, 0.5) is 13.2 Å². The Labute approximate surface area is 187 Å². The van der Waals surface area contributed by atoms with E-state index in [1.54, 1.807) is 25.1 Å². The molecule has 0 spiro atoms. The molecule has 0 atom stereocenters. The Balaban J connectivity index is 2.19. The van der Waals surface area contributed by atoms with Gasteiger partial charge in [-0.25, -0.2) is 4.79 Å². The van der Waals surface area contributed by atoms with Gasteiger partial charge in [0.05, 0.1) is 17.8 Å². The van der Waals surface area contributed by atoms with Crippen molar-refractivity contribution in [3.8, 4) is 5.69 Å². The molecule has 0 aliphatic heterocycles. The first-order valence-electron chi connectivity index (χ1n) is 10.2. The van der Waals surface area contributed by atoms with Crippen molar-refractivity contribution >= 4 is 5.91 Å². The van der Waals surface area contributed by atoms with Gasteiger partial charge in [0.25, 0.3) is 11.5 Å². The van der Waals surface area contributed by atoms with Crippen molar-refractivity contribution < 1.29 is 18.0 Å². The van der Waals surface area contributed by atoms with Gasteiger partial charge in [-0.2, -0.15) is 23.0 Å². The van der Waals surface area contributed by atoms with Gasteiger partial charge in [0, 0.05) is 13.6 Å². The zero-order valence-electron chi connectivity index (χ0n) is 18.6. The van der Waals surface area contributed by atoms with E-state index in [4.69, 9.17) is 0 Å². The summed E-state index contributed by atoms with van der Waals surface area (Å²) in [7, 11) is 1.50. The molecule has 0 unspecified atom stereocenters. The number of carbonyl (C=O) groups is 1. The minimum atomic E-state index is -4.51. The zero-order chi connectivity index (χ0) is 24.5. The summed E-state index contributed by atoms with van der Waals surface area (Å²) < 4.78 is 40.4. The number of nitrogens with zero attached hydrogens (tertiary/aromatic N) is 4. The lowest BCUT2D eigenvalue weighted by molar-refractivity contribution is -0.137. The fourth-order valence-electron chi connectivity index (χ4n) is 3.12. The molecule has 0 aliphatic carbocycles. The van der Waals surface area contributed by atoms with E-state index in [2.05, 4.69) is 5.10 Å². The second-order valence-electron chi connectivity index (χ2n) is 7.72. The van der Waals surface area contributed by atoms with E-state index < -0.39 is 34.6 Å². The first-order valence-corrected chi connectivity index (χ1v) is 10.2. The third-order valence-electron chi connectivity index (χ3n) is 5.44. The van der Waals surface area contributed by atoms with Crippen molar-refractivity contribution in [2.24, 2.45) is 0 Å². The fourth-order valence-corrected chi connectivity index (χ4v) is 3.12. The van der Waals surface area contributed by atoms with Gasteiger partial charge in [0.2, 0.25) is 5.69 Å². The maximum Gasteiger partial charge on any atom is 0.416 e. The SMILES string of the molecule is CCN(C)C(=O)c1nn(-c2ccc(C)c(C)c2)c(=O)n(Cc2ccc(C(F)(F)F)cc2)c1=O. The molecule has 10 heteroatoms. The molecule has 0 fully saturated rings. The lowest BCUT2D eigenvalue weighted by Crippen LogP contribution is -2.46. The highest BCUT2D eigenvalue weighted by Gasteiger charge is 2.30. The van der Waals surface area contributed by atoms with Crippen molar-refractivity contribution in [2.75, 3.05) is 13.6 Å². The maximum absolute atomic E-state index is 13.2. The Bertz CT molecular complexity index is 1310. The molecule has 0 bridgehead atoms. The van der Waals surface area contributed by atoms with E-state index in [-0.39, 0.29) is 6.54 Å². The lowest BCUT2D eigenvalue weighted by atomic mass is 10.1. The van der Waals surface area contributed by atoms with Crippen LogP contribution in [0.2, 0.25) is 0 Å². The van der Waals surface area contributed by atoms with Crippen LogP contribution in [-0.2, 0) is 12.7 Å². The summed E-state index contributed by atoms with van der Waals surface area (Å²) >= 11 is 0. The predicted octanol–water partition coefficient (Wildman–Crippen LogP) is 3.17. The molecule has 0 saturated carbocycles. The maximum atomic E-state index is 13.2. The van der Waals surface area contributed by atoms with E-state index in [0.29, 0.717) is 17.8 Å². The largest absolute Gasteiger partial charge is 0.416 e. The van der Waals surface area contributed by atoms with Gasteiger partial charge in [-0.3, -0.25) is 14.2 Å². The van der Waals surface area contributed by atoms with Crippen LogP contribution in [0, 0.1) is 13.8 Å². The smallest absolute Gasteiger partial charge is 0.340 e. The highest BCUT2D eigenvalue weighted by molar-refractivity contribution is 5.91. The van der Waals surface area contributed by atoms with Crippen LogP contribution in [0.1, 0.15) is 39.7 Å². The number of hydrogen-bond acceptors (Lipinski definition) is 4. The Morgan fingerprint density at radius 2 is 1.67 bits per heavy atom. The van der Waals surface area contributed by atoms with Crippen LogP contribution in [0.3, 0.4) is 0 Å². The molecule has 0 aliphatic rings. The lowest BCUT2D eigenvalue weighted by Gasteiger charge is -2.16. The number of amides is 1. The normalized spacial score (nSPS) is 11.5. The van der Waals surface area contributed by atoms with Crippen LogP contribution in [-0.4, -0.2) is 38.7 Å². The van der Waals surface area contributed by atoms with Crippen molar-refractivity contribution in [1.29, 1.82) is 0 Å². The van der Waals surface area contributed by atoms with Crippen molar-refractivity contribution in [3.05, 3.63) is 91.3 Å². The van der Waals surface area contributed by atoms with Crippen LogP contribution < -0.4 is 11.2 Å². The molecule has 2 aromatic carbocycles. The third kappa shape index (κ3) is 4.89. The van der Waals surface area contributed by atoms with Gasteiger partial charge in [-0.15, -0.1) is 0 Å². The van der Waals surface area contributed by atoms with Gasteiger partial charge >= 0.3 is 11.9 Å². The van der Waals surface area contributed by atoms with Gasteiger partial charge in [0.15, 0.2) is 0 Å². The predicted molar refractivity (Wildman–Crippen MR) is 117 cm³/mol. The summed E-state index contributed by atoms with van der Waals surface area (Å²) in [6, 6.07) is 9.25. The van der Waals surface area contributed by atoms with Crippen LogP contribution in [0.25, 0.3) is 5.69 Å². The standard InChI is InChI=1S/C23H23F3N4O3/c1-5-28(4)20(31)19-21(32)29(13-16-7-9-17(10-8-16)23(24,25)26)22(33)30(27-19)18-11-6-14(2)15(3)12-18/h6-12H,5,13H2,1-4H3. The number of carbonyl (C=O) groups excluding carboxylic acids is 1. The molecular weight excluding hydrogens is 437 g/mol. The van der Waals surface area contributed by atoms with Gasteiger partial charge in [0.1, 0.15) is 0 Å². The summed E-state index contributed by atoms with van der Waals surface area (Å²) in [5.74, 6) is -0.666. The topological polar surface area (TPSA) is 77.2 Å². The Morgan fingerprint density at radius 1 is 1.03 bits per heavy atom. The third-order valence-corrected chi connectivity index (χ3v) is 5.44. The average Bonchev–Trinajstić information content (AvgIpc) is 2.77. The zero-order valence-corrected chi connectivity index (χ0v) is 18.6. The number of aryl methyl sites for hydroxylation is 2. The quantitative estimate of drug-likeness (QED) is 0.586. The minimum absolute atomic E-state index is 0.294. The molecule has 1 heterocycles. The van der Waals surface area contributed by atoms with E-state index in [1.807, 2.05) is 13.8 Å². The summed E-state index contributed by atoms with van der Waals surface area (Å²) in [4.78, 5) is 40.3. The number of halogens is 3. The monoisotopic (exact) mass is 460 g/mol. The second-order valence-corrected chi connectivity index (χ2v) is 7.72. The number of benzene rings is 2. The molecule has 0 radical (unpaired) electrons. The van der Waals surface area contributed by atoms with Gasteiger partial charge in [-0.05, 0) is 61.7 Å². The number of hydrogen-bond donors (Lipinski definition) is 0. The van der Waals surface area contributed by atoms with Crippen molar-refractivity contribution in [2.45, 2.75) is 33.5 Å². The highest BCUT2D eigenvalue weighted by Crippen LogP contribution is 2.29. The molecule has 1 aromatic heterocycles. The van der Waals surface area contributed by atoms with E-state index in [1.165, 1.54) is 24.1 Å². The van der Waals surface area contributed by atoms with Gasteiger partial charge < -0.3 is 4.90 Å². The second kappa shape index (κ2) is 9.05. The molecule has 174 valence electrons. The fraction of sp³-hybridized carbons (Fsp3) is 0.304. The Morgan fingerprint density at radius 3 is 2.21 bits per heavy atom. The molecule has 1 amide bonds. The van der Waals surface area contributed by atoms with Crippen LogP contribution >= 0.6 is 0 Å². The molecule has 0 saturated heterocycles. The molecule has 7 nitrogen and oxygen atoms in total. The molecule has 33 heavy (non-hydrogen) atoms. The first kappa shape index (κ1) is 24.0. The first-order chi connectivity index (χ1) is 15.4. The summed E-state index contributed by atoms with van der Waals surface area (Å²) in [6.45, 7) is 5.45. The minimum Gasteiger partial charge on any atom is -0.340 e. The van der Waals surface area contributed by atoms with Crippen LogP contribution in [0.15, 0.2) is 52.1 Å². The summed E-state index contributed by atoms with van der Waals surface area (Å²) in [5.41, 5.74) is -0.513. The van der Waals surface area contributed by atoms with E-state index in [9.17, 15) is 27.6 Å². The Kier molecular flexibility index (Phi) is 6.57. The average molecular weight is 460 g/mol. The Hall–Kier alpha value is -3.69. The summed E-state index contributed by atoms with van der Waals surface area (Å²) in [5, 5.41) is 4.06.